The summed E-state index contributed by atoms with van der Waals surface area (Å²) in [6, 6.07) is -1.34. The highest BCUT2D eigenvalue weighted by atomic mass is 16.8. The van der Waals surface area contributed by atoms with E-state index in [0.717, 1.165) is 27.7 Å². The van der Waals surface area contributed by atoms with Gasteiger partial charge >= 0.3 is 29.7 Å². The monoisotopic (exact) mass is 435 g/mol. The molecule has 13 nitrogen and oxygen atoms in total. The third-order valence-corrected chi connectivity index (χ3v) is 4.01. The van der Waals surface area contributed by atoms with Crippen molar-refractivity contribution in [2.75, 3.05) is 6.61 Å². The van der Waals surface area contributed by atoms with Crippen molar-refractivity contribution >= 4 is 29.8 Å². The molecule has 170 valence electrons. The molecule has 1 unspecified atom stereocenters. The van der Waals surface area contributed by atoms with Gasteiger partial charge in [-0.05, 0) is 0 Å². The Morgan fingerprint density at radius 3 is 2.10 bits per heavy atom. The van der Waals surface area contributed by atoms with Crippen LogP contribution < -0.4 is 5.32 Å². The Morgan fingerprint density at radius 2 is 1.67 bits per heavy atom. The Labute approximate surface area is 171 Å². The van der Waals surface area contributed by atoms with Crippen molar-refractivity contribution in [3.05, 3.63) is 0 Å². The van der Waals surface area contributed by atoms with Crippen LogP contribution in [0.1, 0.15) is 34.1 Å². The molecule has 1 saturated heterocycles. The van der Waals surface area contributed by atoms with Crippen molar-refractivity contribution in [2.24, 2.45) is 0 Å². The van der Waals surface area contributed by atoms with E-state index in [1.54, 1.807) is 0 Å². The molecule has 0 aromatic rings. The number of hydrogen-bond acceptors (Lipinski definition) is 12. The zero-order valence-corrected chi connectivity index (χ0v) is 16.8. The first-order valence-corrected chi connectivity index (χ1v) is 8.84. The van der Waals surface area contributed by atoms with Crippen molar-refractivity contribution in [2.45, 2.75) is 70.4 Å². The van der Waals surface area contributed by atoms with Crippen LogP contribution in [0.3, 0.4) is 0 Å². The fourth-order valence-electron chi connectivity index (χ4n) is 2.97. The highest BCUT2D eigenvalue weighted by Gasteiger charge is 2.59. The molecule has 0 aromatic heterocycles. The first kappa shape index (κ1) is 25.4. The van der Waals surface area contributed by atoms with Gasteiger partial charge in [-0.3, -0.25) is 19.2 Å². The van der Waals surface area contributed by atoms with Crippen molar-refractivity contribution in [1.82, 2.24) is 5.32 Å². The molecule has 30 heavy (non-hydrogen) atoms. The maximum Gasteiger partial charge on any atom is 0.387 e. The molecule has 1 amide bonds. The third-order valence-electron chi connectivity index (χ3n) is 4.01. The fourth-order valence-corrected chi connectivity index (χ4v) is 2.97. The second-order valence-corrected chi connectivity index (χ2v) is 6.63. The van der Waals surface area contributed by atoms with Gasteiger partial charge in [-0.25, -0.2) is 4.79 Å². The van der Waals surface area contributed by atoms with Crippen LogP contribution in [0.15, 0.2) is 0 Å². The van der Waals surface area contributed by atoms with E-state index in [4.69, 9.17) is 19.3 Å². The van der Waals surface area contributed by atoms with E-state index >= 15 is 0 Å². The summed E-state index contributed by atoms with van der Waals surface area (Å²) in [4.78, 5) is 58.7. The molecule has 1 fully saturated rings. The molecular weight excluding hydrogens is 410 g/mol. The highest BCUT2D eigenvalue weighted by Crippen LogP contribution is 2.36. The molecule has 0 bridgehead atoms. The lowest BCUT2D eigenvalue weighted by atomic mass is 9.88. The number of hydrogen-bond donors (Lipinski definition) is 4. The van der Waals surface area contributed by atoms with Gasteiger partial charge in [-0.1, -0.05) is 0 Å². The lowest BCUT2D eigenvalue weighted by Crippen LogP contribution is -2.69. The van der Waals surface area contributed by atoms with E-state index in [9.17, 15) is 34.2 Å². The number of ether oxygens (including phenoxy) is 4. The molecule has 0 aromatic carbocycles. The van der Waals surface area contributed by atoms with Crippen molar-refractivity contribution in [3.63, 3.8) is 0 Å². The Balaban J connectivity index is 3.54. The summed E-state index contributed by atoms with van der Waals surface area (Å²) < 4.78 is 20.0. The Kier molecular flexibility index (Phi) is 8.84. The quantitative estimate of drug-likeness (QED) is 0.183. The predicted molar refractivity (Wildman–Crippen MR) is 93.0 cm³/mol. The van der Waals surface area contributed by atoms with Crippen LogP contribution in [-0.4, -0.2) is 88.0 Å². The smallest absolute Gasteiger partial charge is 0.387 e. The summed E-state index contributed by atoms with van der Waals surface area (Å²) in [5.74, 6) is -7.78. The fraction of sp³-hybridized carbons (Fsp3) is 0.706. The number of esters is 4. The van der Waals surface area contributed by atoms with Gasteiger partial charge < -0.3 is 39.6 Å². The molecule has 0 radical (unpaired) electrons. The van der Waals surface area contributed by atoms with Gasteiger partial charge in [0, 0.05) is 27.7 Å². The lowest BCUT2D eigenvalue weighted by molar-refractivity contribution is -0.302. The van der Waals surface area contributed by atoms with Crippen molar-refractivity contribution < 1.29 is 58.2 Å². The average molecular weight is 435 g/mol. The van der Waals surface area contributed by atoms with Gasteiger partial charge in [0.2, 0.25) is 5.91 Å². The topological polar surface area (TPSA) is 195 Å². The van der Waals surface area contributed by atoms with E-state index < -0.39 is 79.1 Å². The summed E-state index contributed by atoms with van der Waals surface area (Å²) >= 11 is 0. The maximum atomic E-state index is 12.6. The number of nitrogens with one attached hydrogen (secondary N) is 1. The van der Waals surface area contributed by atoms with Gasteiger partial charge in [0.15, 0.2) is 0 Å². The highest BCUT2D eigenvalue weighted by molar-refractivity contribution is 5.90. The van der Waals surface area contributed by atoms with Gasteiger partial charge in [0.25, 0.3) is 0 Å². The van der Waals surface area contributed by atoms with Crippen LogP contribution >= 0.6 is 0 Å². The minimum absolute atomic E-state index is 0.650. The van der Waals surface area contributed by atoms with Gasteiger partial charge in [-0.15, -0.1) is 0 Å². The molecule has 0 spiro atoms. The summed E-state index contributed by atoms with van der Waals surface area (Å²) in [6.45, 7) is 3.00. The molecule has 0 saturated carbocycles. The summed E-state index contributed by atoms with van der Waals surface area (Å²) in [5, 5.41) is 31.8. The molecular formula is C17H25NO12. The average Bonchev–Trinajstić information content (AvgIpc) is 2.60. The second kappa shape index (κ2) is 10.4. The van der Waals surface area contributed by atoms with Crippen molar-refractivity contribution in [1.29, 1.82) is 0 Å². The van der Waals surface area contributed by atoms with Crippen LogP contribution in [0.4, 0.5) is 0 Å². The number of carbonyl (C=O) groups excluding carboxylic acids is 5. The van der Waals surface area contributed by atoms with Crippen LogP contribution in [0, 0.1) is 0 Å². The molecule has 4 N–H and O–H groups in total. The predicted octanol–water partition coefficient (Wildman–Crippen LogP) is -2.73. The first-order chi connectivity index (χ1) is 13.8. The maximum absolute atomic E-state index is 12.6. The minimum Gasteiger partial charge on any atom is -0.460 e. The SMILES string of the molecule is CC(=O)N[C@H]1[C@H]([C@H](O)[C@H](O)CO)OC(OC(C)=O)(C(=O)OC(C)=O)C[C@@H]1OC(C)=O. The van der Waals surface area contributed by atoms with E-state index in [1.165, 1.54) is 0 Å². The summed E-state index contributed by atoms with van der Waals surface area (Å²) in [5.41, 5.74) is 0. The van der Waals surface area contributed by atoms with E-state index in [1.807, 2.05) is 0 Å². The Hall–Kier alpha value is -2.61. The van der Waals surface area contributed by atoms with Crippen LogP contribution in [-0.2, 0) is 42.9 Å². The third kappa shape index (κ3) is 6.45. The largest absolute Gasteiger partial charge is 0.460 e. The molecule has 1 aliphatic rings. The zero-order chi connectivity index (χ0) is 23.2. The Morgan fingerprint density at radius 1 is 1.07 bits per heavy atom. The number of rotatable bonds is 7. The molecule has 1 rings (SSSR count). The number of aliphatic hydroxyl groups excluding tert-OH is 3. The van der Waals surface area contributed by atoms with E-state index in [0.29, 0.717) is 0 Å². The van der Waals surface area contributed by atoms with Gasteiger partial charge in [-0.2, -0.15) is 0 Å². The number of aliphatic hydroxyl groups is 3. The molecule has 0 aliphatic carbocycles. The van der Waals surface area contributed by atoms with Gasteiger partial charge in [0.1, 0.15) is 24.4 Å². The molecule has 1 heterocycles. The van der Waals surface area contributed by atoms with Crippen LogP contribution in [0.5, 0.6) is 0 Å². The minimum atomic E-state index is -2.66. The normalized spacial score (nSPS) is 27.9. The van der Waals surface area contributed by atoms with E-state index in [-0.39, 0.29) is 0 Å². The molecule has 1 aliphatic heterocycles. The first-order valence-electron chi connectivity index (χ1n) is 8.84. The summed E-state index contributed by atoms with van der Waals surface area (Å²) in [6.07, 6.45) is -7.65. The molecule has 6 atom stereocenters. The standard InChI is InChI=1S/C17H25NO12/c1-7(20)18-13-12(27-8(2)21)5-17(29-10(4)23,16(26)28-9(3)22)30-15(13)14(25)11(24)6-19/h11-15,19,24-25H,5-6H2,1-4H3,(H,18,20)/t11-,12+,13-,14-,15-,17?/m1/s1. The lowest BCUT2D eigenvalue weighted by Gasteiger charge is -2.47. The van der Waals surface area contributed by atoms with Crippen LogP contribution in [0.25, 0.3) is 0 Å². The number of carbonyl (C=O) groups is 5. The second-order valence-electron chi connectivity index (χ2n) is 6.63. The van der Waals surface area contributed by atoms with Gasteiger partial charge in [0.05, 0.1) is 19.1 Å². The van der Waals surface area contributed by atoms with E-state index in [2.05, 4.69) is 10.1 Å². The van der Waals surface area contributed by atoms with Crippen molar-refractivity contribution in [3.8, 4) is 0 Å². The zero-order valence-electron chi connectivity index (χ0n) is 16.8. The summed E-state index contributed by atoms with van der Waals surface area (Å²) in [7, 11) is 0. The molecule has 13 heteroatoms. The Bertz CT molecular complexity index is 694. The van der Waals surface area contributed by atoms with Crippen LogP contribution in [0.2, 0.25) is 0 Å². The number of amides is 1.